The smallest absolute Gasteiger partial charge is 0.352 e. The molecule has 0 aliphatic rings. The molecule has 2 amide bonds. The minimum absolute atomic E-state index is 0.0398. The van der Waals surface area contributed by atoms with Crippen LogP contribution in [0.3, 0.4) is 0 Å². The second kappa shape index (κ2) is 13.6. The highest BCUT2D eigenvalue weighted by Crippen LogP contribution is 2.38. The molecule has 42 heavy (non-hydrogen) atoms. The summed E-state index contributed by atoms with van der Waals surface area (Å²) in [6.07, 6.45) is -4.23. The predicted molar refractivity (Wildman–Crippen MR) is 157 cm³/mol. The lowest BCUT2D eigenvalue weighted by Crippen LogP contribution is -2.52. The van der Waals surface area contributed by atoms with Crippen LogP contribution in [0.25, 0.3) is 0 Å². The standard InChI is InChI=1S/C30H33ClF3N3O4S/c1-5-21(3)35-29(39)22(4)36(18-23-13-11-20(2)12-14-23)28(38)19-37(42(40,41)25-9-7-6-8-10-25)24-15-16-27(31)26(17-24)30(32,33)34/h6-17,21-22H,5,18-19H2,1-4H3,(H,35,39)/t21-,22+/m1/s1. The lowest BCUT2D eigenvalue weighted by Gasteiger charge is -2.32. The van der Waals surface area contributed by atoms with Crippen LogP contribution >= 0.6 is 11.6 Å². The molecule has 12 heteroatoms. The molecule has 2 atom stereocenters. The Bertz CT molecular complexity index is 1500. The van der Waals surface area contributed by atoms with E-state index in [9.17, 15) is 31.2 Å². The molecule has 3 aromatic carbocycles. The number of hydrogen-bond acceptors (Lipinski definition) is 4. The minimum atomic E-state index is -4.88. The third kappa shape index (κ3) is 8.04. The third-order valence-corrected chi connectivity index (χ3v) is 8.91. The van der Waals surface area contributed by atoms with E-state index >= 15 is 0 Å². The molecule has 226 valence electrons. The number of halogens is 4. The van der Waals surface area contributed by atoms with Gasteiger partial charge in [-0.3, -0.25) is 13.9 Å². The summed E-state index contributed by atoms with van der Waals surface area (Å²) in [7, 11) is -4.53. The van der Waals surface area contributed by atoms with E-state index < -0.39 is 56.9 Å². The van der Waals surface area contributed by atoms with E-state index in [0.29, 0.717) is 22.4 Å². The summed E-state index contributed by atoms with van der Waals surface area (Å²) < 4.78 is 69.4. The summed E-state index contributed by atoms with van der Waals surface area (Å²) in [5.74, 6) is -1.24. The summed E-state index contributed by atoms with van der Waals surface area (Å²) >= 11 is 5.80. The average Bonchev–Trinajstić information content (AvgIpc) is 2.95. The molecule has 3 aromatic rings. The van der Waals surface area contributed by atoms with E-state index in [1.807, 2.05) is 32.9 Å². The van der Waals surface area contributed by atoms with Crippen molar-refractivity contribution in [1.82, 2.24) is 10.2 Å². The number of aryl methyl sites for hydroxylation is 1. The van der Waals surface area contributed by atoms with E-state index in [1.54, 1.807) is 18.2 Å². The summed E-state index contributed by atoms with van der Waals surface area (Å²) in [4.78, 5) is 28.0. The molecule has 0 bridgehead atoms. The largest absolute Gasteiger partial charge is 0.417 e. The Labute approximate surface area is 249 Å². The molecule has 3 rings (SSSR count). The second-order valence-corrected chi connectivity index (χ2v) is 12.3. The van der Waals surface area contributed by atoms with E-state index in [4.69, 9.17) is 11.6 Å². The van der Waals surface area contributed by atoms with Gasteiger partial charge >= 0.3 is 6.18 Å². The number of alkyl halides is 3. The molecule has 0 unspecified atom stereocenters. The molecule has 0 spiro atoms. The summed E-state index contributed by atoms with van der Waals surface area (Å²) in [5, 5.41) is 2.21. The fourth-order valence-electron chi connectivity index (χ4n) is 4.07. The number of sulfonamides is 1. The van der Waals surface area contributed by atoms with Gasteiger partial charge in [-0.15, -0.1) is 0 Å². The lowest BCUT2D eigenvalue weighted by molar-refractivity contribution is -0.139. The highest BCUT2D eigenvalue weighted by molar-refractivity contribution is 7.92. The number of carbonyl (C=O) groups excluding carboxylic acids is 2. The highest BCUT2D eigenvalue weighted by Gasteiger charge is 2.37. The Morgan fingerprint density at radius 3 is 2.17 bits per heavy atom. The molecule has 0 saturated heterocycles. The van der Waals surface area contributed by atoms with E-state index in [1.165, 1.54) is 36.1 Å². The maximum Gasteiger partial charge on any atom is 0.417 e. The number of carbonyl (C=O) groups is 2. The van der Waals surface area contributed by atoms with E-state index in [-0.39, 0.29) is 17.5 Å². The molecule has 0 aromatic heterocycles. The minimum Gasteiger partial charge on any atom is -0.352 e. The van der Waals surface area contributed by atoms with Crippen LogP contribution in [0.1, 0.15) is 43.9 Å². The third-order valence-electron chi connectivity index (χ3n) is 6.80. The number of anilines is 1. The normalized spacial score (nSPS) is 13.2. The lowest BCUT2D eigenvalue weighted by atomic mass is 10.1. The molecule has 0 heterocycles. The summed E-state index contributed by atoms with van der Waals surface area (Å²) in [6.45, 7) is 6.19. The fraction of sp³-hybridized carbons (Fsp3) is 0.333. The van der Waals surface area contributed by atoms with Gasteiger partial charge in [0.05, 0.1) is 21.2 Å². The van der Waals surface area contributed by atoms with Gasteiger partial charge in [0.2, 0.25) is 11.8 Å². The van der Waals surface area contributed by atoms with Gasteiger partial charge in [-0.05, 0) is 63.1 Å². The Balaban J connectivity index is 2.10. The van der Waals surface area contributed by atoms with Crippen LogP contribution < -0.4 is 9.62 Å². The van der Waals surface area contributed by atoms with Crippen molar-refractivity contribution in [3.8, 4) is 0 Å². The molecule has 0 radical (unpaired) electrons. The molecule has 7 nitrogen and oxygen atoms in total. The summed E-state index contributed by atoms with van der Waals surface area (Å²) in [6, 6.07) is 15.7. The first kappa shape index (κ1) is 32.9. The second-order valence-electron chi connectivity index (χ2n) is 9.99. The van der Waals surface area contributed by atoms with Crippen molar-refractivity contribution in [1.29, 1.82) is 0 Å². The SMILES string of the molecule is CC[C@@H](C)NC(=O)[C@H](C)N(Cc1ccc(C)cc1)C(=O)CN(c1ccc(Cl)c(C(F)(F)F)c1)S(=O)(=O)c1ccccc1. The maximum atomic E-state index is 13.9. The molecule has 0 aliphatic carbocycles. The molecule has 0 saturated carbocycles. The Kier molecular flexibility index (Phi) is 10.7. The van der Waals surface area contributed by atoms with Crippen LogP contribution in [-0.4, -0.2) is 43.8 Å². The van der Waals surface area contributed by atoms with Crippen molar-refractivity contribution in [3.63, 3.8) is 0 Å². The van der Waals surface area contributed by atoms with E-state index in [2.05, 4.69) is 5.32 Å². The van der Waals surface area contributed by atoms with Gasteiger partial charge in [-0.1, -0.05) is 66.6 Å². The zero-order valence-corrected chi connectivity index (χ0v) is 25.2. The number of rotatable bonds is 11. The van der Waals surface area contributed by atoms with Crippen molar-refractivity contribution in [2.24, 2.45) is 0 Å². The van der Waals surface area contributed by atoms with Crippen molar-refractivity contribution in [3.05, 3.63) is 94.5 Å². The van der Waals surface area contributed by atoms with Crippen molar-refractivity contribution < 1.29 is 31.2 Å². The van der Waals surface area contributed by atoms with Gasteiger partial charge < -0.3 is 10.2 Å². The van der Waals surface area contributed by atoms with Crippen LogP contribution in [0, 0.1) is 6.92 Å². The molecule has 1 N–H and O–H groups in total. The maximum absolute atomic E-state index is 13.9. The molecular weight excluding hydrogens is 591 g/mol. The number of benzene rings is 3. The van der Waals surface area contributed by atoms with Gasteiger partial charge in [-0.2, -0.15) is 13.2 Å². The Hall–Kier alpha value is -3.57. The highest BCUT2D eigenvalue weighted by atomic mass is 35.5. The van der Waals surface area contributed by atoms with Crippen molar-refractivity contribution in [2.75, 3.05) is 10.8 Å². The van der Waals surface area contributed by atoms with Crippen molar-refractivity contribution >= 4 is 39.1 Å². The zero-order chi connectivity index (χ0) is 31.2. The van der Waals surface area contributed by atoms with Crippen LogP contribution in [-0.2, 0) is 32.3 Å². The van der Waals surface area contributed by atoms with Crippen LogP contribution in [0.15, 0.2) is 77.7 Å². The van der Waals surface area contributed by atoms with Crippen LogP contribution in [0.5, 0.6) is 0 Å². The summed E-state index contributed by atoms with van der Waals surface area (Å²) in [5.41, 5.74) is -0.000839. The zero-order valence-electron chi connectivity index (χ0n) is 23.7. The molecule has 0 fully saturated rings. The number of nitrogens with one attached hydrogen (secondary N) is 1. The first-order valence-corrected chi connectivity index (χ1v) is 15.1. The van der Waals surface area contributed by atoms with Gasteiger partial charge in [-0.25, -0.2) is 8.42 Å². The topological polar surface area (TPSA) is 86.8 Å². The van der Waals surface area contributed by atoms with Gasteiger partial charge in [0.1, 0.15) is 12.6 Å². The van der Waals surface area contributed by atoms with Crippen LogP contribution in [0.4, 0.5) is 18.9 Å². The molecule has 0 aliphatic heterocycles. The van der Waals surface area contributed by atoms with Gasteiger partial charge in [0.15, 0.2) is 0 Å². The number of amides is 2. The molecular formula is C30H33ClF3N3O4S. The monoisotopic (exact) mass is 623 g/mol. The predicted octanol–water partition coefficient (Wildman–Crippen LogP) is 6.19. The fourth-order valence-corrected chi connectivity index (χ4v) is 5.72. The van der Waals surface area contributed by atoms with Crippen LogP contribution in [0.2, 0.25) is 5.02 Å². The Morgan fingerprint density at radius 2 is 1.60 bits per heavy atom. The van der Waals surface area contributed by atoms with E-state index in [0.717, 1.165) is 17.7 Å². The quantitative estimate of drug-likeness (QED) is 0.276. The number of hydrogen-bond donors (Lipinski definition) is 1. The van der Waals surface area contributed by atoms with Crippen molar-refractivity contribution in [2.45, 2.75) is 63.8 Å². The first-order chi connectivity index (χ1) is 19.6. The average molecular weight is 624 g/mol. The number of nitrogens with zero attached hydrogens (tertiary/aromatic N) is 2. The van der Waals surface area contributed by atoms with Gasteiger partial charge in [0, 0.05) is 12.6 Å². The van der Waals surface area contributed by atoms with Gasteiger partial charge in [0.25, 0.3) is 10.0 Å². The first-order valence-electron chi connectivity index (χ1n) is 13.2. The Morgan fingerprint density at radius 1 is 0.976 bits per heavy atom.